The lowest BCUT2D eigenvalue weighted by Gasteiger charge is -2.38. The minimum atomic E-state index is -0.454. The smallest absolute Gasteiger partial charge is 0.0910 e. The maximum Gasteiger partial charge on any atom is 0.0910 e. The molecule has 4 heteroatoms. The van der Waals surface area contributed by atoms with Crippen molar-refractivity contribution in [2.24, 2.45) is 0 Å². The fourth-order valence-electron chi connectivity index (χ4n) is 2.38. The Bertz CT molecular complexity index is 395. The number of likely N-dealkylation sites (N-methyl/N-ethyl adjacent to an activating group) is 1. The van der Waals surface area contributed by atoms with Gasteiger partial charge in [0.15, 0.2) is 0 Å². The second kappa shape index (κ2) is 5.80. The summed E-state index contributed by atoms with van der Waals surface area (Å²) in [6.07, 6.45) is 0. The van der Waals surface area contributed by atoms with Crippen LogP contribution in [0, 0.1) is 0 Å². The molecule has 0 fully saturated rings. The second-order valence-electron chi connectivity index (χ2n) is 5.12. The molecular formula is C14H22N2O2. The first kappa shape index (κ1) is 13.5. The molecule has 18 heavy (non-hydrogen) atoms. The molecule has 4 nitrogen and oxygen atoms in total. The van der Waals surface area contributed by atoms with Gasteiger partial charge in [-0.15, -0.1) is 0 Å². The molecule has 2 N–H and O–H groups in total. The van der Waals surface area contributed by atoms with Crippen LogP contribution in [0.1, 0.15) is 11.1 Å². The van der Waals surface area contributed by atoms with E-state index in [4.69, 9.17) is 4.74 Å². The van der Waals surface area contributed by atoms with Gasteiger partial charge in [0, 0.05) is 13.1 Å². The molecule has 0 saturated heterocycles. The maximum absolute atomic E-state index is 9.80. The van der Waals surface area contributed by atoms with Crippen molar-refractivity contribution in [2.75, 3.05) is 40.4 Å². The number of benzene rings is 1. The lowest BCUT2D eigenvalue weighted by molar-refractivity contribution is 0.00672. The molecule has 2 rings (SSSR count). The molecular weight excluding hydrogens is 228 g/mol. The number of fused-ring (bicyclic) bond motifs is 1. The summed E-state index contributed by atoms with van der Waals surface area (Å²) in [6.45, 7) is 2.97. The minimum absolute atomic E-state index is 0.0530. The van der Waals surface area contributed by atoms with E-state index >= 15 is 0 Å². The first-order valence-corrected chi connectivity index (χ1v) is 6.35. The molecule has 1 aromatic rings. The molecule has 1 heterocycles. The van der Waals surface area contributed by atoms with E-state index in [2.05, 4.69) is 22.3 Å². The van der Waals surface area contributed by atoms with E-state index in [1.807, 2.05) is 26.2 Å². The van der Waals surface area contributed by atoms with E-state index in [1.54, 1.807) is 0 Å². The molecule has 0 saturated carbocycles. The second-order valence-corrected chi connectivity index (χ2v) is 5.12. The summed E-state index contributed by atoms with van der Waals surface area (Å²) < 4.78 is 5.62. The molecule has 1 unspecified atom stereocenters. The fraction of sp³-hybridized carbons (Fsp3) is 0.571. The lowest BCUT2D eigenvalue weighted by Crippen LogP contribution is -2.53. The highest BCUT2D eigenvalue weighted by Crippen LogP contribution is 2.29. The number of aliphatic hydroxyl groups is 1. The zero-order chi connectivity index (χ0) is 13.0. The zero-order valence-electron chi connectivity index (χ0n) is 11.1. The Morgan fingerprint density at radius 1 is 1.39 bits per heavy atom. The summed E-state index contributed by atoms with van der Waals surface area (Å²) in [5.74, 6) is 0. The van der Waals surface area contributed by atoms with E-state index in [9.17, 15) is 5.11 Å². The number of ether oxygens (including phenoxy) is 1. The van der Waals surface area contributed by atoms with Gasteiger partial charge in [0.25, 0.3) is 0 Å². The number of aliphatic hydroxyl groups excluding tert-OH is 1. The third-order valence-electron chi connectivity index (χ3n) is 3.43. The summed E-state index contributed by atoms with van der Waals surface area (Å²) in [4.78, 5) is 2.12. The van der Waals surface area contributed by atoms with Crippen LogP contribution in [0.25, 0.3) is 0 Å². The Morgan fingerprint density at radius 3 is 2.89 bits per heavy atom. The minimum Gasteiger partial charge on any atom is -0.394 e. The van der Waals surface area contributed by atoms with Crippen molar-refractivity contribution in [1.82, 2.24) is 10.2 Å². The van der Waals surface area contributed by atoms with Crippen molar-refractivity contribution in [3.63, 3.8) is 0 Å². The van der Waals surface area contributed by atoms with Crippen LogP contribution >= 0.6 is 0 Å². The van der Waals surface area contributed by atoms with E-state index < -0.39 is 5.54 Å². The third-order valence-corrected chi connectivity index (χ3v) is 3.43. The standard InChI is InChI=1S/C14H22N2O2/c1-16(2)8-7-15-14(10-17)11-18-9-12-5-3-4-6-13(12)14/h3-6,15,17H,7-11H2,1-2H3. The largest absolute Gasteiger partial charge is 0.394 e. The quantitative estimate of drug-likeness (QED) is 0.801. The number of rotatable bonds is 5. The molecule has 1 aliphatic rings. The Labute approximate surface area is 109 Å². The normalized spacial score (nSPS) is 23.1. The molecule has 100 valence electrons. The molecule has 0 bridgehead atoms. The van der Waals surface area contributed by atoms with Gasteiger partial charge in [0.1, 0.15) is 0 Å². The summed E-state index contributed by atoms with van der Waals surface area (Å²) in [7, 11) is 4.08. The average Bonchev–Trinajstić information content (AvgIpc) is 2.38. The van der Waals surface area contributed by atoms with Crippen LogP contribution in [-0.2, 0) is 16.9 Å². The molecule has 0 aliphatic carbocycles. The van der Waals surface area contributed by atoms with Crippen LogP contribution in [0.3, 0.4) is 0 Å². The van der Waals surface area contributed by atoms with E-state index in [-0.39, 0.29) is 6.61 Å². The van der Waals surface area contributed by atoms with Crippen LogP contribution in [0.5, 0.6) is 0 Å². The van der Waals surface area contributed by atoms with Gasteiger partial charge in [-0.2, -0.15) is 0 Å². The molecule has 1 atom stereocenters. The van der Waals surface area contributed by atoms with Crippen molar-refractivity contribution in [3.8, 4) is 0 Å². The highest BCUT2D eigenvalue weighted by molar-refractivity contribution is 5.35. The molecule has 1 aliphatic heterocycles. The van der Waals surface area contributed by atoms with Gasteiger partial charge in [-0.3, -0.25) is 0 Å². The SMILES string of the molecule is CN(C)CCNC1(CO)COCc2ccccc21. The summed E-state index contributed by atoms with van der Waals surface area (Å²) in [6, 6.07) is 8.17. The Hall–Kier alpha value is -0.940. The highest BCUT2D eigenvalue weighted by Gasteiger charge is 2.36. The van der Waals surface area contributed by atoms with Crippen LogP contribution in [-0.4, -0.2) is 50.4 Å². The van der Waals surface area contributed by atoms with Gasteiger partial charge in [0.2, 0.25) is 0 Å². The van der Waals surface area contributed by atoms with E-state index in [0.717, 1.165) is 24.2 Å². The predicted octanol–water partition coefficient (Wildman–Crippen LogP) is 0.556. The van der Waals surface area contributed by atoms with Crippen molar-refractivity contribution >= 4 is 0 Å². The van der Waals surface area contributed by atoms with Crippen LogP contribution in [0.4, 0.5) is 0 Å². The Balaban J connectivity index is 2.17. The van der Waals surface area contributed by atoms with Gasteiger partial charge >= 0.3 is 0 Å². The summed E-state index contributed by atoms with van der Waals surface area (Å²) in [5.41, 5.74) is 1.87. The Morgan fingerprint density at radius 2 is 2.17 bits per heavy atom. The highest BCUT2D eigenvalue weighted by atomic mass is 16.5. The van der Waals surface area contributed by atoms with Gasteiger partial charge in [-0.25, -0.2) is 0 Å². The first-order valence-electron chi connectivity index (χ1n) is 6.35. The van der Waals surface area contributed by atoms with Gasteiger partial charge in [-0.05, 0) is 25.2 Å². The third kappa shape index (κ3) is 2.72. The van der Waals surface area contributed by atoms with Crippen molar-refractivity contribution in [2.45, 2.75) is 12.1 Å². The molecule has 0 amide bonds. The molecule has 0 spiro atoms. The lowest BCUT2D eigenvalue weighted by atomic mass is 9.86. The molecule has 0 aromatic heterocycles. The van der Waals surface area contributed by atoms with Crippen molar-refractivity contribution < 1.29 is 9.84 Å². The van der Waals surface area contributed by atoms with Gasteiger partial charge in [-0.1, -0.05) is 24.3 Å². The van der Waals surface area contributed by atoms with Crippen LogP contribution < -0.4 is 5.32 Å². The summed E-state index contributed by atoms with van der Waals surface area (Å²) >= 11 is 0. The summed E-state index contributed by atoms with van der Waals surface area (Å²) in [5, 5.41) is 13.3. The topological polar surface area (TPSA) is 44.7 Å². The fourth-order valence-corrected chi connectivity index (χ4v) is 2.38. The molecule has 1 aromatic carbocycles. The predicted molar refractivity (Wildman–Crippen MR) is 71.4 cm³/mol. The zero-order valence-corrected chi connectivity index (χ0v) is 11.1. The maximum atomic E-state index is 9.80. The number of hydrogen-bond donors (Lipinski definition) is 2. The monoisotopic (exact) mass is 250 g/mol. The van der Waals surface area contributed by atoms with Gasteiger partial charge < -0.3 is 20.1 Å². The number of nitrogens with zero attached hydrogens (tertiary/aromatic N) is 1. The average molecular weight is 250 g/mol. The van der Waals surface area contributed by atoms with Gasteiger partial charge in [0.05, 0.1) is 25.4 Å². The number of nitrogens with one attached hydrogen (secondary N) is 1. The number of hydrogen-bond acceptors (Lipinski definition) is 4. The Kier molecular flexibility index (Phi) is 4.35. The first-order chi connectivity index (χ1) is 8.68. The van der Waals surface area contributed by atoms with Crippen LogP contribution in [0.15, 0.2) is 24.3 Å². The van der Waals surface area contributed by atoms with E-state index in [0.29, 0.717) is 13.2 Å². The van der Waals surface area contributed by atoms with Crippen molar-refractivity contribution in [3.05, 3.63) is 35.4 Å². The van der Waals surface area contributed by atoms with Crippen molar-refractivity contribution in [1.29, 1.82) is 0 Å². The van der Waals surface area contributed by atoms with E-state index in [1.165, 1.54) is 0 Å². The molecule has 0 radical (unpaired) electrons. The van der Waals surface area contributed by atoms with Crippen LogP contribution in [0.2, 0.25) is 0 Å².